The molecule has 2 unspecified atom stereocenters. The van der Waals surface area contributed by atoms with E-state index in [1.165, 1.54) is 7.11 Å². The Labute approximate surface area is 99.4 Å². The first kappa shape index (κ1) is 11.8. The summed E-state index contributed by atoms with van der Waals surface area (Å²) in [7, 11) is 1.38. The van der Waals surface area contributed by atoms with Gasteiger partial charge >= 0.3 is 12.0 Å². The number of methoxy groups -OCH3 is 1. The normalized spacial score (nSPS) is 23.4. The Morgan fingerprint density at radius 1 is 1.47 bits per heavy atom. The van der Waals surface area contributed by atoms with Gasteiger partial charge in [-0.1, -0.05) is 0 Å². The lowest BCUT2D eigenvalue weighted by Gasteiger charge is -2.10. The van der Waals surface area contributed by atoms with Crippen LogP contribution >= 0.6 is 0 Å². The number of esters is 1. The Kier molecular flexibility index (Phi) is 3.53. The molecular formula is C11H15N3O3. The first-order valence-electron chi connectivity index (χ1n) is 5.45. The van der Waals surface area contributed by atoms with Gasteiger partial charge in [-0.05, 0) is 12.5 Å². The predicted molar refractivity (Wildman–Crippen MR) is 59.6 cm³/mol. The number of nitrogens with zero attached hydrogens (tertiary/aromatic N) is 2. The number of nitrogens with one attached hydrogen (secondary N) is 1. The van der Waals surface area contributed by atoms with Crippen LogP contribution in [0.15, 0.2) is 12.4 Å². The molecule has 0 bridgehead atoms. The van der Waals surface area contributed by atoms with E-state index in [2.05, 4.69) is 20.0 Å². The number of hydrogen-bond donors (Lipinski definition) is 1. The molecule has 92 valence electrons. The van der Waals surface area contributed by atoms with Crippen LogP contribution in [-0.2, 0) is 9.53 Å². The van der Waals surface area contributed by atoms with Gasteiger partial charge < -0.3 is 14.8 Å². The maximum Gasteiger partial charge on any atom is 0.323 e. The van der Waals surface area contributed by atoms with E-state index in [9.17, 15) is 4.79 Å². The van der Waals surface area contributed by atoms with E-state index in [-0.39, 0.29) is 18.1 Å². The molecule has 0 aromatic carbocycles. The number of ether oxygens (including phenoxy) is 2. The highest BCUT2D eigenvalue weighted by Gasteiger charge is 2.31. The van der Waals surface area contributed by atoms with Crippen molar-refractivity contribution in [2.75, 3.05) is 13.7 Å². The molecule has 1 aromatic heterocycles. The standard InChI is InChI=1S/C11H15N3O3/c1-7-4-13-11(14-5-7)17-8-3-9(12-6-8)10(15)16-2/h4-5,8-9,12H,3,6H2,1-2H3. The summed E-state index contributed by atoms with van der Waals surface area (Å²) in [5.74, 6) is -0.263. The quantitative estimate of drug-likeness (QED) is 0.750. The Morgan fingerprint density at radius 2 is 2.18 bits per heavy atom. The fourth-order valence-corrected chi connectivity index (χ4v) is 1.71. The van der Waals surface area contributed by atoms with Crippen molar-refractivity contribution < 1.29 is 14.3 Å². The molecule has 6 nitrogen and oxygen atoms in total. The number of hydrogen-bond acceptors (Lipinski definition) is 6. The van der Waals surface area contributed by atoms with Gasteiger partial charge in [-0.2, -0.15) is 0 Å². The van der Waals surface area contributed by atoms with Crippen LogP contribution in [0.5, 0.6) is 6.01 Å². The van der Waals surface area contributed by atoms with Crippen molar-refractivity contribution in [2.24, 2.45) is 0 Å². The molecule has 17 heavy (non-hydrogen) atoms. The van der Waals surface area contributed by atoms with Crippen LogP contribution in [0.4, 0.5) is 0 Å². The van der Waals surface area contributed by atoms with Crippen molar-refractivity contribution >= 4 is 5.97 Å². The second-order valence-electron chi connectivity index (χ2n) is 4.00. The average molecular weight is 237 g/mol. The van der Waals surface area contributed by atoms with Crippen LogP contribution < -0.4 is 10.1 Å². The van der Waals surface area contributed by atoms with E-state index < -0.39 is 0 Å². The molecule has 1 aliphatic rings. The summed E-state index contributed by atoms with van der Waals surface area (Å²) >= 11 is 0. The van der Waals surface area contributed by atoms with Crippen LogP contribution in [0.3, 0.4) is 0 Å². The fraction of sp³-hybridized carbons (Fsp3) is 0.545. The van der Waals surface area contributed by atoms with E-state index >= 15 is 0 Å². The minimum absolute atomic E-state index is 0.0955. The third kappa shape index (κ3) is 2.91. The van der Waals surface area contributed by atoms with Crippen LogP contribution in [-0.4, -0.2) is 41.7 Å². The number of rotatable bonds is 3. The van der Waals surface area contributed by atoms with Crippen LogP contribution in [0.25, 0.3) is 0 Å². The molecule has 6 heteroatoms. The Bertz CT molecular complexity index is 393. The second kappa shape index (κ2) is 5.09. The lowest BCUT2D eigenvalue weighted by Crippen LogP contribution is -2.31. The first-order chi connectivity index (χ1) is 8.19. The van der Waals surface area contributed by atoms with Gasteiger partial charge in [-0.3, -0.25) is 4.79 Å². The molecule has 1 aromatic rings. The van der Waals surface area contributed by atoms with E-state index in [1.54, 1.807) is 12.4 Å². The van der Waals surface area contributed by atoms with Gasteiger partial charge in [-0.15, -0.1) is 0 Å². The number of carbonyl (C=O) groups excluding carboxylic acids is 1. The highest BCUT2D eigenvalue weighted by atomic mass is 16.5. The molecule has 1 saturated heterocycles. The molecule has 0 radical (unpaired) electrons. The smallest absolute Gasteiger partial charge is 0.323 e. The fourth-order valence-electron chi connectivity index (χ4n) is 1.71. The SMILES string of the molecule is COC(=O)C1CC(Oc2ncc(C)cn2)CN1. The summed E-state index contributed by atoms with van der Waals surface area (Å²) < 4.78 is 10.2. The zero-order valence-electron chi connectivity index (χ0n) is 9.84. The van der Waals surface area contributed by atoms with Crippen LogP contribution in [0, 0.1) is 6.92 Å². The van der Waals surface area contributed by atoms with Gasteiger partial charge in [0.2, 0.25) is 0 Å². The minimum atomic E-state index is -0.296. The molecule has 0 spiro atoms. The molecule has 2 atom stereocenters. The summed E-state index contributed by atoms with van der Waals surface area (Å²) in [5.41, 5.74) is 0.981. The first-order valence-corrected chi connectivity index (χ1v) is 5.45. The zero-order chi connectivity index (χ0) is 12.3. The summed E-state index contributed by atoms with van der Waals surface area (Å²) in [6.45, 7) is 2.51. The summed E-state index contributed by atoms with van der Waals surface area (Å²) in [6, 6.07) is 0.0448. The minimum Gasteiger partial charge on any atom is -0.468 e. The van der Waals surface area contributed by atoms with Gasteiger partial charge in [0.1, 0.15) is 12.1 Å². The molecule has 1 fully saturated rings. The summed E-state index contributed by atoms with van der Waals surface area (Å²) in [4.78, 5) is 19.4. The molecule has 0 saturated carbocycles. The third-order valence-corrected chi connectivity index (χ3v) is 2.61. The number of aryl methyl sites for hydroxylation is 1. The van der Waals surface area contributed by atoms with Crippen molar-refractivity contribution in [1.82, 2.24) is 15.3 Å². The maximum atomic E-state index is 11.3. The average Bonchev–Trinajstić information content (AvgIpc) is 2.80. The van der Waals surface area contributed by atoms with Crippen LogP contribution in [0.2, 0.25) is 0 Å². The predicted octanol–water partition coefficient (Wildman–Crippen LogP) is 0.0673. The molecule has 1 aliphatic heterocycles. The van der Waals surface area contributed by atoms with E-state index in [0.717, 1.165) is 5.56 Å². The van der Waals surface area contributed by atoms with Gasteiger partial charge in [0.05, 0.1) is 7.11 Å². The van der Waals surface area contributed by atoms with Gasteiger partial charge in [0.15, 0.2) is 0 Å². The lowest BCUT2D eigenvalue weighted by atomic mass is 10.2. The van der Waals surface area contributed by atoms with Gasteiger partial charge in [0, 0.05) is 25.4 Å². The van der Waals surface area contributed by atoms with E-state index in [0.29, 0.717) is 19.0 Å². The molecule has 2 heterocycles. The molecular weight excluding hydrogens is 222 g/mol. The van der Waals surface area contributed by atoms with Crippen molar-refractivity contribution in [3.8, 4) is 6.01 Å². The van der Waals surface area contributed by atoms with Crippen molar-refractivity contribution in [2.45, 2.75) is 25.5 Å². The largest absolute Gasteiger partial charge is 0.468 e. The topological polar surface area (TPSA) is 73.3 Å². The van der Waals surface area contributed by atoms with Crippen molar-refractivity contribution in [3.63, 3.8) is 0 Å². The highest BCUT2D eigenvalue weighted by Crippen LogP contribution is 2.13. The number of carbonyl (C=O) groups is 1. The third-order valence-electron chi connectivity index (χ3n) is 2.61. The van der Waals surface area contributed by atoms with E-state index in [4.69, 9.17) is 4.74 Å². The van der Waals surface area contributed by atoms with Gasteiger partial charge in [-0.25, -0.2) is 9.97 Å². The zero-order valence-corrected chi connectivity index (χ0v) is 9.84. The molecule has 2 rings (SSSR count). The van der Waals surface area contributed by atoms with Crippen LogP contribution in [0.1, 0.15) is 12.0 Å². The van der Waals surface area contributed by atoms with Crippen molar-refractivity contribution in [1.29, 1.82) is 0 Å². The monoisotopic (exact) mass is 237 g/mol. The Balaban J connectivity index is 1.89. The lowest BCUT2D eigenvalue weighted by molar-refractivity contribution is -0.142. The summed E-state index contributed by atoms with van der Waals surface area (Å²) in [5, 5.41) is 3.03. The van der Waals surface area contributed by atoms with E-state index in [1.807, 2.05) is 6.92 Å². The maximum absolute atomic E-state index is 11.3. The van der Waals surface area contributed by atoms with Gasteiger partial charge in [0.25, 0.3) is 0 Å². The second-order valence-corrected chi connectivity index (χ2v) is 4.00. The Morgan fingerprint density at radius 3 is 2.82 bits per heavy atom. The highest BCUT2D eigenvalue weighted by molar-refractivity contribution is 5.76. The molecule has 0 amide bonds. The molecule has 1 N–H and O–H groups in total. The number of aromatic nitrogens is 2. The molecule has 0 aliphatic carbocycles. The Hall–Kier alpha value is -1.69. The van der Waals surface area contributed by atoms with Crippen molar-refractivity contribution in [3.05, 3.63) is 18.0 Å². The summed E-state index contributed by atoms with van der Waals surface area (Å²) in [6.07, 6.45) is 3.87.